The Morgan fingerprint density at radius 2 is 2.09 bits per heavy atom. The van der Waals surface area contributed by atoms with E-state index in [1.807, 2.05) is 6.92 Å². The number of carbonyl (C=O) groups excluding carboxylic acids is 1. The van der Waals surface area contributed by atoms with Crippen LogP contribution in [0.25, 0.3) is 0 Å². The van der Waals surface area contributed by atoms with Crippen molar-refractivity contribution in [3.63, 3.8) is 0 Å². The highest BCUT2D eigenvalue weighted by atomic mass is 79.9. The van der Waals surface area contributed by atoms with Crippen LogP contribution in [0.2, 0.25) is 0 Å². The van der Waals surface area contributed by atoms with Crippen LogP contribution in [0.15, 0.2) is 40.9 Å². The number of carbonyl (C=O) groups is 1. The first-order valence-corrected chi connectivity index (χ1v) is 7.91. The molecular weight excluding hydrogens is 365 g/mol. The Labute approximate surface area is 142 Å². The molecule has 6 heteroatoms. The fourth-order valence-electron chi connectivity index (χ4n) is 1.96. The number of nitrogens with one attached hydrogen (secondary N) is 1. The normalized spacial score (nSPS) is 10.3. The van der Waals surface area contributed by atoms with Crippen LogP contribution in [0.4, 0.5) is 10.1 Å². The molecule has 2 aromatic rings. The van der Waals surface area contributed by atoms with Crippen molar-refractivity contribution in [2.75, 3.05) is 19.0 Å². The van der Waals surface area contributed by atoms with Crippen molar-refractivity contribution in [2.24, 2.45) is 0 Å². The zero-order valence-electron chi connectivity index (χ0n) is 12.9. The van der Waals surface area contributed by atoms with Gasteiger partial charge in [0.25, 0.3) is 5.91 Å². The third kappa shape index (κ3) is 4.45. The maximum absolute atomic E-state index is 13.2. The minimum absolute atomic E-state index is 0.364. The van der Waals surface area contributed by atoms with Crippen LogP contribution in [0.1, 0.15) is 23.7 Å². The predicted molar refractivity (Wildman–Crippen MR) is 90.8 cm³/mol. The average molecular weight is 382 g/mol. The highest BCUT2D eigenvalue weighted by molar-refractivity contribution is 9.10. The SMILES string of the molecule is CCCOc1c(Br)cc(C(=O)Nc2cccc(F)c2)cc1OC. The second kappa shape index (κ2) is 7.97. The number of hydrogen-bond donors (Lipinski definition) is 1. The molecule has 2 aromatic carbocycles. The third-order valence-electron chi connectivity index (χ3n) is 3.02. The van der Waals surface area contributed by atoms with Crippen LogP contribution in [0, 0.1) is 5.82 Å². The highest BCUT2D eigenvalue weighted by Gasteiger charge is 2.16. The average Bonchev–Trinajstić information content (AvgIpc) is 2.53. The number of rotatable bonds is 6. The largest absolute Gasteiger partial charge is 0.493 e. The summed E-state index contributed by atoms with van der Waals surface area (Å²) in [5.41, 5.74) is 0.762. The van der Waals surface area contributed by atoms with E-state index in [9.17, 15) is 9.18 Å². The van der Waals surface area contributed by atoms with Gasteiger partial charge in [0.1, 0.15) is 5.82 Å². The molecule has 122 valence electrons. The van der Waals surface area contributed by atoms with E-state index < -0.39 is 5.82 Å². The van der Waals surface area contributed by atoms with Gasteiger partial charge < -0.3 is 14.8 Å². The zero-order chi connectivity index (χ0) is 16.8. The molecule has 0 saturated heterocycles. The van der Waals surface area contributed by atoms with Crippen LogP contribution in [0.3, 0.4) is 0 Å². The smallest absolute Gasteiger partial charge is 0.255 e. The molecule has 23 heavy (non-hydrogen) atoms. The molecule has 0 aromatic heterocycles. The van der Waals surface area contributed by atoms with Crippen molar-refractivity contribution in [3.8, 4) is 11.5 Å². The van der Waals surface area contributed by atoms with Gasteiger partial charge in [0.05, 0.1) is 18.2 Å². The van der Waals surface area contributed by atoms with Crippen molar-refractivity contribution < 1.29 is 18.7 Å². The maximum Gasteiger partial charge on any atom is 0.255 e. The molecule has 0 aliphatic carbocycles. The fourth-order valence-corrected chi connectivity index (χ4v) is 2.52. The predicted octanol–water partition coefficient (Wildman–Crippen LogP) is 4.64. The van der Waals surface area contributed by atoms with E-state index in [0.29, 0.717) is 33.8 Å². The lowest BCUT2D eigenvalue weighted by molar-refractivity contribution is 0.102. The molecule has 0 saturated carbocycles. The Morgan fingerprint density at radius 3 is 2.74 bits per heavy atom. The molecule has 0 heterocycles. The van der Waals surface area contributed by atoms with Crippen molar-refractivity contribution in [1.82, 2.24) is 0 Å². The maximum atomic E-state index is 13.2. The second-order valence-electron chi connectivity index (χ2n) is 4.80. The van der Waals surface area contributed by atoms with Gasteiger partial charge in [0.2, 0.25) is 0 Å². The van der Waals surface area contributed by atoms with Crippen molar-refractivity contribution in [1.29, 1.82) is 0 Å². The molecular formula is C17H17BrFNO3. The Balaban J connectivity index is 2.25. The summed E-state index contributed by atoms with van der Waals surface area (Å²) in [6, 6.07) is 8.94. The molecule has 0 radical (unpaired) electrons. The van der Waals surface area contributed by atoms with Gasteiger partial charge in [-0.2, -0.15) is 0 Å². The lowest BCUT2D eigenvalue weighted by Gasteiger charge is -2.14. The monoisotopic (exact) mass is 381 g/mol. The first-order chi connectivity index (χ1) is 11.0. The first-order valence-electron chi connectivity index (χ1n) is 7.12. The quantitative estimate of drug-likeness (QED) is 0.792. The van der Waals surface area contributed by atoms with Gasteiger partial charge in [-0.25, -0.2) is 4.39 Å². The van der Waals surface area contributed by atoms with E-state index in [1.54, 1.807) is 18.2 Å². The molecule has 0 fully saturated rings. The van der Waals surface area contributed by atoms with Gasteiger partial charge in [-0.05, 0) is 52.7 Å². The van der Waals surface area contributed by atoms with E-state index >= 15 is 0 Å². The van der Waals surface area contributed by atoms with Gasteiger partial charge in [-0.3, -0.25) is 4.79 Å². The highest BCUT2D eigenvalue weighted by Crippen LogP contribution is 2.37. The third-order valence-corrected chi connectivity index (χ3v) is 3.61. The Hall–Kier alpha value is -2.08. The summed E-state index contributed by atoms with van der Waals surface area (Å²) in [4.78, 5) is 12.3. The molecule has 0 bridgehead atoms. The fraction of sp³-hybridized carbons (Fsp3) is 0.235. The molecule has 0 atom stereocenters. The molecule has 0 unspecified atom stereocenters. The Bertz CT molecular complexity index is 706. The summed E-state index contributed by atoms with van der Waals surface area (Å²) in [7, 11) is 1.51. The minimum atomic E-state index is -0.412. The summed E-state index contributed by atoms with van der Waals surface area (Å²) < 4.78 is 24.7. The van der Waals surface area contributed by atoms with Crippen LogP contribution >= 0.6 is 15.9 Å². The molecule has 4 nitrogen and oxygen atoms in total. The summed E-state index contributed by atoms with van der Waals surface area (Å²) in [6.45, 7) is 2.55. The van der Waals surface area contributed by atoms with Crippen LogP contribution in [0.5, 0.6) is 11.5 Å². The lowest BCUT2D eigenvalue weighted by Crippen LogP contribution is -2.12. The number of halogens is 2. The van der Waals surface area contributed by atoms with Crippen molar-refractivity contribution in [3.05, 3.63) is 52.3 Å². The first kappa shape index (κ1) is 17.3. The summed E-state index contributed by atoms with van der Waals surface area (Å²) in [5, 5.41) is 2.64. The van der Waals surface area contributed by atoms with Crippen molar-refractivity contribution >= 4 is 27.5 Å². The van der Waals surface area contributed by atoms with Crippen LogP contribution in [-0.4, -0.2) is 19.6 Å². The number of anilines is 1. The number of amides is 1. The van der Waals surface area contributed by atoms with Gasteiger partial charge in [-0.15, -0.1) is 0 Å². The van der Waals surface area contributed by atoms with Crippen molar-refractivity contribution in [2.45, 2.75) is 13.3 Å². The lowest BCUT2D eigenvalue weighted by atomic mass is 10.1. The van der Waals surface area contributed by atoms with Gasteiger partial charge in [0, 0.05) is 11.3 Å². The van der Waals surface area contributed by atoms with E-state index in [2.05, 4.69) is 21.2 Å². The summed E-state index contributed by atoms with van der Waals surface area (Å²) in [6.07, 6.45) is 0.859. The van der Waals surface area contributed by atoms with Crippen LogP contribution < -0.4 is 14.8 Å². The number of ether oxygens (including phenoxy) is 2. The number of benzene rings is 2. The topological polar surface area (TPSA) is 47.6 Å². The van der Waals surface area contributed by atoms with Crippen LogP contribution in [-0.2, 0) is 0 Å². The summed E-state index contributed by atoms with van der Waals surface area (Å²) >= 11 is 3.39. The van der Waals surface area contributed by atoms with Gasteiger partial charge in [0.15, 0.2) is 11.5 Å². The van der Waals surface area contributed by atoms with E-state index in [1.165, 1.54) is 25.3 Å². The van der Waals surface area contributed by atoms with E-state index in [4.69, 9.17) is 9.47 Å². The molecule has 2 rings (SSSR count). The zero-order valence-corrected chi connectivity index (χ0v) is 14.4. The summed E-state index contributed by atoms with van der Waals surface area (Å²) in [5.74, 6) is 0.232. The Kier molecular flexibility index (Phi) is 5.98. The molecule has 0 aliphatic rings. The van der Waals surface area contributed by atoms with Gasteiger partial charge >= 0.3 is 0 Å². The minimum Gasteiger partial charge on any atom is -0.493 e. The van der Waals surface area contributed by atoms with E-state index in [0.717, 1.165) is 6.42 Å². The Morgan fingerprint density at radius 1 is 1.30 bits per heavy atom. The molecule has 0 spiro atoms. The number of methoxy groups -OCH3 is 1. The molecule has 1 N–H and O–H groups in total. The molecule has 0 aliphatic heterocycles. The number of hydrogen-bond acceptors (Lipinski definition) is 3. The molecule has 1 amide bonds. The van der Waals surface area contributed by atoms with E-state index in [-0.39, 0.29) is 5.91 Å². The second-order valence-corrected chi connectivity index (χ2v) is 5.66. The van der Waals surface area contributed by atoms with Gasteiger partial charge in [-0.1, -0.05) is 13.0 Å². The standard InChI is InChI=1S/C17H17BrFNO3/c1-3-7-23-16-14(18)8-11(9-15(16)22-2)17(21)20-13-6-4-5-12(19)10-13/h4-6,8-10H,3,7H2,1-2H3,(H,20,21).